The molecule has 0 spiro atoms. The van der Waals surface area contributed by atoms with Crippen LogP contribution in [-0.4, -0.2) is 17.6 Å². The maximum atomic E-state index is 10.2. The summed E-state index contributed by atoms with van der Waals surface area (Å²) in [5.74, 6) is -0.761. The fourth-order valence-electron chi connectivity index (χ4n) is 1.04. The smallest absolute Gasteiger partial charge is 0.303 e. The highest BCUT2D eigenvalue weighted by Gasteiger charge is 1.96. The van der Waals surface area contributed by atoms with Crippen LogP contribution in [0.5, 0.6) is 0 Å². The van der Waals surface area contributed by atoms with Gasteiger partial charge in [0, 0.05) is 23.7 Å². The van der Waals surface area contributed by atoms with Gasteiger partial charge >= 0.3 is 5.97 Å². The second-order valence-corrected chi connectivity index (χ2v) is 3.37. The molecule has 3 nitrogen and oxygen atoms in total. The Hall–Kier alpha value is -1.22. The first kappa shape index (κ1) is 10.9. The Morgan fingerprint density at radius 1 is 1.36 bits per heavy atom. The molecule has 0 radical (unpaired) electrons. The summed E-state index contributed by atoms with van der Waals surface area (Å²) in [7, 11) is 0. The average molecular weight is 214 g/mol. The lowest BCUT2D eigenvalue weighted by atomic mass is 10.3. The Balaban J connectivity index is 2.25. The van der Waals surface area contributed by atoms with Crippen molar-refractivity contribution in [3.05, 3.63) is 29.3 Å². The number of carbonyl (C=O) groups is 1. The molecule has 4 heteroatoms. The van der Waals surface area contributed by atoms with Crippen molar-refractivity contribution < 1.29 is 9.90 Å². The molecule has 0 aliphatic heterocycles. The standard InChI is InChI=1S/C10H12ClNO2/c11-8-3-5-9(6-4-8)12-7-1-2-10(13)14/h3-6,12H,1-2,7H2,(H,13,14). The highest BCUT2D eigenvalue weighted by Crippen LogP contribution is 2.13. The molecule has 0 saturated heterocycles. The van der Waals surface area contributed by atoms with Crippen LogP contribution >= 0.6 is 11.6 Å². The van der Waals surface area contributed by atoms with E-state index < -0.39 is 5.97 Å². The molecule has 1 aromatic carbocycles. The van der Waals surface area contributed by atoms with E-state index in [-0.39, 0.29) is 6.42 Å². The Bertz CT molecular complexity index is 297. The van der Waals surface area contributed by atoms with Crippen molar-refractivity contribution in [3.63, 3.8) is 0 Å². The van der Waals surface area contributed by atoms with Gasteiger partial charge in [0.25, 0.3) is 0 Å². The van der Waals surface area contributed by atoms with E-state index in [0.29, 0.717) is 18.0 Å². The average Bonchev–Trinajstić information content (AvgIpc) is 2.15. The molecule has 1 aromatic rings. The van der Waals surface area contributed by atoms with Crippen molar-refractivity contribution in [3.8, 4) is 0 Å². The van der Waals surface area contributed by atoms with Gasteiger partial charge in [-0.1, -0.05) is 11.6 Å². The van der Waals surface area contributed by atoms with Crippen LogP contribution in [0, 0.1) is 0 Å². The van der Waals surface area contributed by atoms with Crippen molar-refractivity contribution in [2.24, 2.45) is 0 Å². The lowest BCUT2D eigenvalue weighted by Gasteiger charge is -2.04. The predicted octanol–water partition coefficient (Wildman–Crippen LogP) is 2.62. The summed E-state index contributed by atoms with van der Waals surface area (Å²) < 4.78 is 0. The van der Waals surface area contributed by atoms with Gasteiger partial charge in [0.15, 0.2) is 0 Å². The number of benzene rings is 1. The van der Waals surface area contributed by atoms with Crippen LogP contribution < -0.4 is 5.32 Å². The summed E-state index contributed by atoms with van der Waals surface area (Å²) in [6.07, 6.45) is 0.818. The van der Waals surface area contributed by atoms with E-state index in [9.17, 15) is 4.79 Å². The van der Waals surface area contributed by atoms with E-state index in [1.807, 2.05) is 12.1 Å². The summed E-state index contributed by atoms with van der Waals surface area (Å²) in [6.45, 7) is 0.661. The lowest BCUT2D eigenvalue weighted by Crippen LogP contribution is -2.04. The number of hydrogen-bond acceptors (Lipinski definition) is 2. The second kappa shape index (κ2) is 5.50. The Morgan fingerprint density at radius 3 is 2.57 bits per heavy atom. The van der Waals surface area contributed by atoms with Crippen LogP contribution in [0.15, 0.2) is 24.3 Å². The summed E-state index contributed by atoms with van der Waals surface area (Å²) >= 11 is 5.71. The highest BCUT2D eigenvalue weighted by atomic mass is 35.5. The summed E-state index contributed by atoms with van der Waals surface area (Å²) in [6, 6.07) is 7.31. The maximum absolute atomic E-state index is 10.2. The van der Waals surface area contributed by atoms with Gasteiger partial charge < -0.3 is 10.4 Å². The van der Waals surface area contributed by atoms with Gasteiger partial charge in [-0.3, -0.25) is 4.79 Å². The normalized spacial score (nSPS) is 9.79. The molecule has 14 heavy (non-hydrogen) atoms. The number of halogens is 1. The molecule has 0 saturated carbocycles. The van der Waals surface area contributed by atoms with Gasteiger partial charge in [0.1, 0.15) is 0 Å². The molecule has 76 valence electrons. The van der Waals surface area contributed by atoms with Crippen LogP contribution in [0.3, 0.4) is 0 Å². The van der Waals surface area contributed by atoms with E-state index in [2.05, 4.69) is 5.32 Å². The molecule has 0 fully saturated rings. The SMILES string of the molecule is O=C(O)CCCNc1ccc(Cl)cc1. The molecule has 0 heterocycles. The lowest BCUT2D eigenvalue weighted by molar-refractivity contribution is -0.137. The van der Waals surface area contributed by atoms with Gasteiger partial charge in [0.2, 0.25) is 0 Å². The van der Waals surface area contributed by atoms with Crippen molar-refractivity contribution in [2.75, 3.05) is 11.9 Å². The van der Waals surface area contributed by atoms with Crippen molar-refractivity contribution in [2.45, 2.75) is 12.8 Å². The van der Waals surface area contributed by atoms with E-state index in [0.717, 1.165) is 5.69 Å². The zero-order valence-electron chi connectivity index (χ0n) is 7.66. The zero-order chi connectivity index (χ0) is 10.4. The number of rotatable bonds is 5. The number of nitrogens with one attached hydrogen (secondary N) is 1. The Morgan fingerprint density at radius 2 is 2.00 bits per heavy atom. The number of aliphatic carboxylic acids is 1. The van der Waals surface area contributed by atoms with Crippen molar-refractivity contribution >= 4 is 23.3 Å². The van der Waals surface area contributed by atoms with Crippen LogP contribution in [0.1, 0.15) is 12.8 Å². The third-order valence-corrected chi connectivity index (χ3v) is 1.99. The fraction of sp³-hybridized carbons (Fsp3) is 0.300. The Kier molecular flexibility index (Phi) is 4.26. The van der Waals surface area contributed by atoms with Crippen LogP contribution in [0.25, 0.3) is 0 Å². The van der Waals surface area contributed by atoms with E-state index in [1.165, 1.54) is 0 Å². The minimum absolute atomic E-state index is 0.195. The highest BCUT2D eigenvalue weighted by molar-refractivity contribution is 6.30. The molecular weight excluding hydrogens is 202 g/mol. The van der Waals surface area contributed by atoms with Gasteiger partial charge in [-0.15, -0.1) is 0 Å². The summed E-state index contributed by atoms with van der Waals surface area (Å²) in [5, 5.41) is 12.2. The predicted molar refractivity (Wildman–Crippen MR) is 56.8 cm³/mol. The molecular formula is C10H12ClNO2. The minimum Gasteiger partial charge on any atom is -0.481 e. The van der Waals surface area contributed by atoms with Gasteiger partial charge in [-0.2, -0.15) is 0 Å². The van der Waals surface area contributed by atoms with Gasteiger partial charge in [-0.25, -0.2) is 0 Å². The molecule has 0 aliphatic rings. The molecule has 0 aromatic heterocycles. The minimum atomic E-state index is -0.761. The van der Waals surface area contributed by atoms with Crippen molar-refractivity contribution in [1.29, 1.82) is 0 Å². The first-order chi connectivity index (χ1) is 6.68. The molecule has 0 aliphatic carbocycles. The quantitative estimate of drug-likeness (QED) is 0.740. The van der Waals surface area contributed by atoms with Crippen LogP contribution in [0.4, 0.5) is 5.69 Å². The largest absolute Gasteiger partial charge is 0.481 e. The summed E-state index contributed by atoms with van der Waals surface area (Å²) in [4.78, 5) is 10.2. The third-order valence-electron chi connectivity index (χ3n) is 1.74. The summed E-state index contributed by atoms with van der Waals surface area (Å²) in [5.41, 5.74) is 0.958. The Labute approximate surface area is 87.7 Å². The molecule has 0 bridgehead atoms. The van der Waals surface area contributed by atoms with Gasteiger partial charge in [0.05, 0.1) is 0 Å². The zero-order valence-corrected chi connectivity index (χ0v) is 8.42. The topological polar surface area (TPSA) is 49.3 Å². The first-order valence-corrected chi connectivity index (χ1v) is 4.77. The fourth-order valence-corrected chi connectivity index (χ4v) is 1.17. The molecule has 0 atom stereocenters. The molecule has 0 unspecified atom stereocenters. The van der Waals surface area contributed by atoms with E-state index >= 15 is 0 Å². The van der Waals surface area contributed by atoms with Crippen LogP contribution in [0.2, 0.25) is 5.02 Å². The molecule has 1 rings (SSSR count). The third kappa shape index (κ3) is 4.14. The van der Waals surface area contributed by atoms with Crippen LogP contribution in [-0.2, 0) is 4.79 Å². The maximum Gasteiger partial charge on any atom is 0.303 e. The molecule has 0 amide bonds. The van der Waals surface area contributed by atoms with Gasteiger partial charge in [-0.05, 0) is 30.7 Å². The second-order valence-electron chi connectivity index (χ2n) is 2.93. The van der Waals surface area contributed by atoms with E-state index in [1.54, 1.807) is 12.1 Å². The number of carboxylic acid groups (broad SMARTS) is 1. The number of hydrogen-bond donors (Lipinski definition) is 2. The number of anilines is 1. The monoisotopic (exact) mass is 213 g/mol. The van der Waals surface area contributed by atoms with E-state index in [4.69, 9.17) is 16.7 Å². The first-order valence-electron chi connectivity index (χ1n) is 4.40. The van der Waals surface area contributed by atoms with Crippen molar-refractivity contribution in [1.82, 2.24) is 0 Å². The molecule has 2 N–H and O–H groups in total. The number of carboxylic acids is 1.